The van der Waals surface area contributed by atoms with Gasteiger partial charge in [-0.15, -0.1) is 0 Å². The number of carbonyl (C=O) groups is 1. The molecule has 110 valence electrons. The van der Waals surface area contributed by atoms with E-state index in [0.29, 0.717) is 6.54 Å². The van der Waals surface area contributed by atoms with Crippen molar-refractivity contribution in [1.82, 2.24) is 5.32 Å². The van der Waals surface area contributed by atoms with E-state index >= 15 is 0 Å². The molecule has 0 radical (unpaired) electrons. The highest BCUT2D eigenvalue weighted by molar-refractivity contribution is 6.37. The number of nitro benzene ring substituents is 1. The summed E-state index contributed by atoms with van der Waals surface area (Å²) >= 11 is 11.7. The van der Waals surface area contributed by atoms with Crippen LogP contribution in [0.3, 0.4) is 0 Å². The van der Waals surface area contributed by atoms with Gasteiger partial charge in [0, 0.05) is 12.1 Å². The second-order valence-electron chi connectivity index (χ2n) is 3.82. The van der Waals surface area contributed by atoms with Crippen LogP contribution in [0.1, 0.15) is 6.92 Å². The predicted octanol–water partition coefficient (Wildman–Crippen LogP) is 1.74. The Bertz CT molecular complexity index is 501. The third-order valence-corrected chi connectivity index (χ3v) is 2.94. The average Bonchev–Trinajstić information content (AvgIpc) is 2.35. The zero-order valence-electron chi connectivity index (χ0n) is 10.6. The molecule has 0 aliphatic carbocycles. The largest absolute Gasteiger partial charge is 0.488 e. The Hall–Kier alpha value is -1.57. The van der Waals surface area contributed by atoms with E-state index in [1.165, 1.54) is 0 Å². The number of nitrogens with zero attached hydrogens (tertiary/aromatic N) is 1. The second-order valence-corrected chi connectivity index (χ2v) is 4.63. The Balaban J connectivity index is 2.87. The topological polar surface area (TPSA) is 107 Å². The van der Waals surface area contributed by atoms with Crippen LogP contribution < -0.4 is 15.8 Å². The molecule has 0 saturated carbocycles. The number of ether oxygens (including phenoxy) is 1. The van der Waals surface area contributed by atoms with E-state index in [9.17, 15) is 14.9 Å². The van der Waals surface area contributed by atoms with Crippen LogP contribution in [0.15, 0.2) is 12.1 Å². The molecule has 20 heavy (non-hydrogen) atoms. The summed E-state index contributed by atoms with van der Waals surface area (Å²) in [5.41, 5.74) is 4.95. The molecule has 0 aromatic heterocycles. The molecular formula is C11H13Cl2N3O4. The third kappa shape index (κ3) is 4.22. The number of likely N-dealkylation sites (N-methyl/N-ethyl adjacent to an activating group) is 1. The Morgan fingerprint density at radius 3 is 2.45 bits per heavy atom. The standard InChI is InChI=1S/C11H13Cl2N3O4/c1-2-15-9(11(14)17)5-20-10-7(12)3-6(16(18)19)4-8(10)13/h3-4,9,15H,2,5H2,1H3,(H2,14,17). The van der Waals surface area contributed by atoms with Crippen LogP contribution in [0.25, 0.3) is 0 Å². The van der Waals surface area contributed by atoms with Crippen molar-refractivity contribution in [3.05, 3.63) is 32.3 Å². The number of amides is 1. The van der Waals surface area contributed by atoms with Crippen molar-refractivity contribution in [3.63, 3.8) is 0 Å². The second kappa shape index (κ2) is 7.28. The molecular weight excluding hydrogens is 309 g/mol. The lowest BCUT2D eigenvalue weighted by Gasteiger charge is -2.16. The summed E-state index contributed by atoms with van der Waals surface area (Å²) in [7, 11) is 0. The molecule has 3 N–H and O–H groups in total. The van der Waals surface area contributed by atoms with Crippen molar-refractivity contribution in [2.45, 2.75) is 13.0 Å². The molecule has 1 unspecified atom stereocenters. The Kier molecular flexibility index (Phi) is 6.00. The van der Waals surface area contributed by atoms with Gasteiger partial charge in [0.2, 0.25) is 5.91 Å². The van der Waals surface area contributed by atoms with Gasteiger partial charge in [0.1, 0.15) is 12.6 Å². The molecule has 0 fully saturated rings. The van der Waals surface area contributed by atoms with Gasteiger partial charge in [-0.2, -0.15) is 0 Å². The van der Waals surface area contributed by atoms with Crippen LogP contribution in [-0.4, -0.2) is 30.0 Å². The maximum atomic E-state index is 11.1. The minimum Gasteiger partial charge on any atom is -0.488 e. The first-order chi connectivity index (χ1) is 9.36. The number of halogens is 2. The van der Waals surface area contributed by atoms with E-state index in [1.54, 1.807) is 0 Å². The van der Waals surface area contributed by atoms with Crippen molar-refractivity contribution in [2.75, 3.05) is 13.2 Å². The van der Waals surface area contributed by atoms with Gasteiger partial charge in [0.25, 0.3) is 5.69 Å². The molecule has 1 aromatic carbocycles. The molecule has 0 aliphatic rings. The third-order valence-electron chi connectivity index (χ3n) is 2.38. The highest BCUT2D eigenvalue weighted by Crippen LogP contribution is 2.36. The fourth-order valence-corrected chi connectivity index (χ4v) is 2.03. The van der Waals surface area contributed by atoms with Gasteiger partial charge in [-0.3, -0.25) is 14.9 Å². The summed E-state index contributed by atoms with van der Waals surface area (Å²) in [4.78, 5) is 21.2. The first-order valence-electron chi connectivity index (χ1n) is 5.65. The highest BCUT2D eigenvalue weighted by atomic mass is 35.5. The Morgan fingerprint density at radius 2 is 2.05 bits per heavy atom. The lowest BCUT2D eigenvalue weighted by molar-refractivity contribution is -0.384. The van der Waals surface area contributed by atoms with Crippen LogP contribution in [0.4, 0.5) is 5.69 Å². The van der Waals surface area contributed by atoms with Crippen molar-refractivity contribution in [1.29, 1.82) is 0 Å². The number of benzene rings is 1. The van der Waals surface area contributed by atoms with Gasteiger partial charge >= 0.3 is 0 Å². The van der Waals surface area contributed by atoms with Crippen LogP contribution in [-0.2, 0) is 4.79 Å². The van der Waals surface area contributed by atoms with Gasteiger partial charge in [-0.05, 0) is 6.54 Å². The van der Waals surface area contributed by atoms with Gasteiger partial charge in [0.15, 0.2) is 5.75 Å². The lowest BCUT2D eigenvalue weighted by atomic mass is 10.3. The minimum absolute atomic E-state index is 0.0103. The Labute approximate surface area is 125 Å². The van der Waals surface area contributed by atoms with E-state index < -0.39 is 16.9 Å². The number of hydrogen-bond donors (Lipinski definition) is 2. The molecule has 0 aliphatic heterocycles. The molecule has 0 spiro atoms. The number of hydrogen-bond acceptors (Lipinski definition) is 5. The van der Waals surface area contributed by atoms with Crippen LogP contribution in [0.2, 0.25) is 10.0 Å². The van der Waals surface area contributed by atoms with Gasteiger partial charge in [0.05, 0.1) is 15.0 Å². The van der Waals surface area contributed by atoms with Gasteiger partial charge in [-0.1, -0.05) is 30.1 Å². The van der Waals surface area contributed by atoms with E-state index in [4.69, 9.17) is 33.7 Å². The first kappa shape index (κ1) is 16.5. The normalized spacial score (nSPS) is 11.9. The predicted molar refractivity (Wildman–Crippen MR) is 75.3 cm³/mol. The fraction of sp³-hybridized carbons (Fsp3) is 0.364. The minimum atomic E-state index is -0.706. The summed E-state index contributed by atoms with van der Waals surface area (Å²) in [6.45, 7) is 2.25. The van der Waals surface area contributed by atoms with Crippen LogP contribution in [0.5, 0.6) is 5.75 Å². The quantitative estimate of drug-likeness (QED) is 0.587. The zero-order chi connectivity index (χ0) is 15.3. The molecule has 1 rings (SSSR count). The average molecular weight is 322 g/mol. The smallest absolute Gasteiger partial charge is 0.272 e. The SMILES string of the molecule is CCNC(COc1c(Cl)cc([N+](=O)[O-])cc1Cl)C(N)=O. The molecule has 1 amide bonds. The number of nitro groups is 1. The van der Waals surface area contributed by atoms with E-state index in [0.717, 1.165) is 12.1 Å². The van der Waals surface area contributed by atoms with E-state index in [2.05, 4.69) is 5.32 Å². The molecule has 9 heteroatoms. The maximum Gasteiger partial charge on any atom is 0.272 e. The number of nitrogens with two attached hydrogens (primary N) is 1. The summed E-state index contributed by atoms with van der Waals surface area (Å²) in [5.74, 6) is -0.510. The molecule has 0 heterocycles. The van der Waals surface area contributed by atoms with E-state index in [-0.39, 0.29) is 28.1 Å². The summed E-state index contributed by atoms with van der Waals surface area (Å²) < 4.78 is 5.33. The van der Waals surface area contributed by atoms with E-state index in [1.807, 2.05) is 6.92 Å². The van der Waals surface area contributed by atoms with Crippen LogP contribution >= 0.6 is 23.2 Å². The van der Waals surface area contributed by atoms with Gasteiger partial charge in [-0.25, -0.2) is 0 Å². The number of nitrogens with one attached hydrogen (secondary N) is 1. The molecule has 0 saturated heterocycles. The van der Waals surface area contributed by atoms with Crippen molar-refractivity contribution in [3.8, 4) is 5.75 Å². The highest BCUT2D eigenvalue weighted by Gasteiger charge is 2.19. The van der Waals surface area contributed by atoms with Crippen LogP contribution in [0, 0.1) is 10.1 Å². The number of rotatable bonds is 7. The number of carbonyl (C=O) groups excluding carboxylic acids is 1. The number of non-ortho nitro benzene ring substituents is 1. The molecule has 1 atom stereocenters. The van der Waals surface area contributed by atoms with Gasteiger partial charge < -0.3 is 15.8 Å². The fourth-order valence-electron chi connectivity index (χ4n) is 1.44. The molecule has 7 nitrogen and oxygen atoms in total. The summed E-state index contributed by atoms with van der Waals surface area (Å²) in [6.07, 6.45) is 0. The lowest BCUT2D eigenvalue weighted by Crippen LogP contribution is -2.45. The zero-order valence-corrected chi connectivity index (χ0v) is 12.1. The molecule has 1 aromatic rings. The van der Waals surface area contributed by atoms with Crippen molar-refractivity contribution in [2.24, 2.45) is 5.73 Å². The van der Waals surface area contributed by atoms with Crippen molar-refractivity contribution >= 4 is 34.8 Å². The maximum absolute atomic E-state index is 11.1. The number of primary amides is 1. The molecule has 0 bridgehead atoms. The Morgan fingerprint density at radius 1 is 1.50 bits per heavy atom. The monoisotopic (exact) mass is 321 g/mol. The first-order valence-corrected chi connectivity index (χ1v) is 6.41. The van der Waals surface area contributed by atoms with Crippen molar-refractivity contribution < 1.29 is 14.5 Å². The summed E-state index contributed by atoms with van der Waals surface area (Å²) in [6, 6.07) is 1.53. The summed E-state index contributed by atoms with van der Waals surface area (Å²) in [5, 5.41) is 13.4.